The molecule has 218 valence electrons. The van der Waals surface area contributed by atoms with Crippen molar-refractivity contribution in [2.45, 2.75) is 122 Å². The number of pyridine rings is 1. The zero-order valence-electron chi connectivity index (χ0n) is 25.0. The average Bonchev–Trinajstić information content (AvgIpc) is 3.67. The van der Waals surface area contributed by atoms with Crippen LogP contribution >= 0.6 is 0 Å². The van der Waals surface area contributed by atoms with Gasteiger partial charge in [0.15, 0.2) is 0 Å². The normalized spacial score (nSPS) is 35.3. The fraction of sp³-hybridized carbons (Fsp3) is 0.639. The van der Waals surface area contributed by atoms with Crippen LogP contribution in [-0.4, -0.2) is 38.6 Å². The van der Waals surface area contributed by atoms with E-state index in [0.29, 0.717) is 30.6 Å². The Morgan fingerprint density at radius 1 is 1.12 bits per heavy atom. The Kier molecular flexibility index (Phi) is 8.90. The second kappa shape index (κ2) is 12.1. The highest BCUT2D eigenvalue weighted by Crippen LogP contribution is 2.60. The van der Waals surface area contributed by atoms with Crippen LogP contribution in [0.2, 0.25) is 0 Å². The van der Waals surface area contributed by atoms with Crippen molar-refractivity contribution in [3.05, 3.63) is 77.2 Å². The molecule has 4 heteroatoms. The lowest BCUT2D eigenvalue weighted by atomic mass is 9.61. The number of fused-ring (bicyclic) bond motifs is 1. The molecule has 0 spiro atoms. The first-order valence-electron chi connectivity index (χ1n) is 15.9. The number of aromatic nitrogens is 1. The summed E-state index contributed by atoms with van der Waals surface area (Å²) >= 11 is 0. The molecule has 4 nitrogen and oxygen atoms in total. The molecule has 1 aromatic heterocycles. The molecule has 4 saturated carbocycles. The molecule has 4 aliphatic rings. The molecule has 4 aliphatic carbocycles. The minimum absolute atomic E-state index is 0.208. The molecule has 0 saturated heterocycles. The number of aliphatic hydroxyl groups excluding tert-OH is 3. The fourth-order valence-corrected chi connectivity index (χ4v) is 8.29. The van der Waals surface area contributed by atoms with E-state index >= 15 is 0 Å². The fourth-order valence-electron chi connectivity index (χ4n) is 8.29. The molecule has 5 rings (SSSR count). The van der Waals surface area contributed by atoms with E-state index in [1.165, 1.54) is 49.7 Å². The maximum Gasteiger partial charge on any atom is 0.0832 e. The van der Waals surface area contributed by atoms with E-state index in [1.807, 2.05) is 6.20 Å². The molecule has 0 aliphatic heterocycles. The Balaban J connectivity index is 1.25. The lowest BCUT2D eigenvalue weighted by Gasteiger charge is -2.44. The number of hydrogen-bond donors (Lipinski definition) is 3. The molecule has 1 aromatic rings. The van der Waals surface area contributed by atoms with Crippen molar-refractivity contribution in [3.8, 4) is 0 Å². The lowest BCUT2D eigenvalue weighted by Crippen LogP contribution is -2.35. The highest BCUT2D eigenvalue weighted by molar-refractivity contribution is 5.39. The molecular weight excluding hydrogens is 494 g/mol. The molecule has 0 radical (unpaired) electrons. The summed E-state index contributed by atoms with van der Waals surface area (Å²) in [6.07, 6.45) is 21.6. The van der Waals surface area contributed by atoms with Crippen LogP contribution in [0.15, 0.2) is 65.9 Å². The summed E-state index contributed by atoms with van der Waals surface area (Å²) in [6, 6.07) is 4.35. The van der Waals surface area contributed by atoms with E-state index in [4.69, 9.17) is 4.98 Å². The van der Waals surface area contributed by atoms with Gasteiger partial charge < -0.3 is 15.3 Å². The van der Waals surface area contributed by atoms with E-state index in [2.05, 4.69) is 63.8 Å². The van der Waals surface area contributed by atoms with E-state index in [1.54, 1.807) is 0 Å². The number of nitrogens with zero attached hydrogens (tertiary/aromatic N) is 1. The van der Waals surface area contributed by atoms with Crippen molar-refractivity contribution in [1.29, 1.82) is 0 Å². The standard InChI is InChI=1S/C36H51NO3/c1-5-6-8-26-11-16-33(37-23-26)36(19-20-36)34(40)17-10-24(2)30-14-15-31-27(9-7-18-35(30,31)4)12-13-28-21-29(38)22-32(39)25(28)3/h10-13,16-17,23-24,29-32,34,38-40H,3,5-9,14-15,18-22H2,1-2,4H3/t24-,29-,30-,31+,32+,34-,35-/m1/s1. The monoisotopic (exact) mass is 545 g/mol. The molecule has 0 amide bonds. The number of aryl methyl sites for hydroxylation is 1. The van der Waals surface area contributed by atoms with Crippen LogP contribution in [-0.2, 0) is 11.8 Å². The van der Waals surface area contributed by atoms with Gasteiger partial charge in [0.25, 0.3) is 0 Å². The molecule has 0 bridgehead atoms. The van der Waals surface area contributed by atoms with Crippen molar-refractivity contribution in [2.75, 3.05) is 0 Å². The summed E-state index contributed by atoms with van der Waals surface area (Å²) in [5, 5.41) is 31.7. The summed E-state index contributed by atoms with van der Waals surface area (Å²) in [4.78, 5) is 4.79. The second-order valence-electron chi connectivity index (χ2n) is 13.7. The molecule has 7 atom stereocenters. The molecule has 0 unspecified atom stereocenters. The summed E-state index contributed by atoms with van der Waals surface area (Å²) < 4.78 is 0. The third-order valence-corrected chi connectivity index (χ3v) is 11.0. The summed E-state index contributed by atoms with van der Waals surface area (Å²) in [7, 11) is 0. The second-order valence-corrected chi connectivity index (χ2v) is 13.7. The van der Waals surface area contributed by atoms with Gasteiger partial charge in [-0.2, -0.15) is 0 Å². The first kappa shape index (κ1) is 29.5. The number of rotatable bonds is 9. The largest absolute Gasteiger partial charge is 0.393 e. The van der Waals surface area contributed by atoms with Gasteiger partial charge in [-0.25, -0.2) is 0 Å². The zero-order valence-corrected chi connectivity index (χ0v) is 25.0. The number of hydrogen-bond acceptors (Lipinski definition) is 4. The number of unbranched alkanes of at least 4 members (excludes halogenated alkanes) is 1. The molecule has 4 fully saturated rings. The maximum absolute atomic E-state index is 11.3. The summed E-state index contributed by atoms with van der Waals surface area (Å²) in [5.41, 5.74) is 5.66. The molecular formula is C36H51NO3. The van der Waals surface area contributed by atoms with E-state index < -0.39 is 18.3 Å². The predicted octanol–water partition coefficient (Wildman–Crippen LogP) is 7.15. The Hall–Kier alpha value is -2.01. The third kappa shape index (κ3) is 5.82. The number of aliphatic hydroxyl groups is 3. The lowest BCUT2D eigenvalue weighted by molar-refractivity contribution is 0.0862. The first-order chi connectivity index (χ1) is 19.2. The Morgan fingerprint density at radius 3 is 2.62 bits per heavy atom. The summed E-state index contributed by atoms with van der Waals surface area (Å²) in [5.74, 6) is 1.57. The smallest absolute Gasteiger partial charge is 0.0832 e. The molecule has 40 heavy (non-hydrogen) atoms. The van der Waals surface area contributed by atoms with Gasteiger partial charge in [0, 0.05) is 23.7 Å². The van der Waals surface area contributed by atoms with E-state index in [-0.39, 0.29) is 10.8 Å². The van der Waals surface area contributed by atoms with Crippen LogP contribution in [0.3, 0.4) is 0 Å². The molecule has 1 heterocycles. The van der Waals surface area contributed by atoms with Gasteiger partial charge in [-0.15, -0.1) is 0 Å². The van der Waals surface area contributed by atoms with Crippen LogP contribution in [0.25, 0.3) is 0 Å². The Morgan fingerprint density at radius 2 is 1.93 bits per heavy atom. The van der Waals surface area contributed by atoms with Crippen molar-refractivity contribution in [3.63, 3.8) is 0 Å². The van der Waals surface area contributed by atoms with Crippen LogP contribution in [0.4, 0.5) is 0 Å². The van der Waals surface area contributed by atoms with Crippen molar-refractivity contribution < 1.29 is 15.3 Å². The number of allylic oxidation sites excluding steroid dienone is 4. The highest BCUT2D eigenvalue weighted by Gasteiger charge is 2.52. The maximum atomic E-state index is 11.3. The third-order valence-electron chi connectivity index (χ3n) is 11.0. The van der Waals surface area contributed by atoms with Crippen LogP contribution in [0.1, 0.15) is 103 Å². The van der Waals surface area contributed by atoms with Crippen molar-refractivity contribution in [1.82, 2.24) is 4.98 Å². The SMILES string of the molecule is C=C1C(=CC=C2CCC[C@]3(C)[C@@H]([C@H](C)C=C[C@@H](O)C4(c5ccc(CCCC)cn5)CC4)CC[C@@H]23)C[C@@H](O)C[C@@H]1O. The topological polar surface area (TPSA) is 73.6 Å². The van der Waals surface area contributed by atoms with Gasteiger partial charge in [-0.05, 0) is 110 Å². The van der Waals surface area contributed by atoms with Gasteiger partial charge in [0.2, 0.25) is 0 Å². The summed E-state index contributed by atoms with van der Waals surface area (Å²) in [6.45, 7) is 11.1. The van der Waals surface area contributed by atoms with E-state index in [0.717, 1.165) is 42.5 Å². The highest BCUT2D eigenvalue weighted by atomic mass is 16.3. The average molecular weight is 546 g/mol. The van der Waals surface area contributed by atoms with Gasteiger partial charge >= 0.3 is 0 Å². The Labute approximate surface area is 242 Å². The molecule has 3 N–H and O–H groups in total. The van der Waals surface area contributed by atoms with Crippen molar-refractivity contribution >= 4 is 0 Å². The molecule has 0 aromatic carbocycles. The van der Waals surface area contributed by atoms with Gasteiger partial charge in [-0.1, -0.05) is 69.7 Å². The van der Waals surface area contributed by atoms with Gasteiger partial charge in [0.1, 0.15) is 0 Å². The van der Waals surface area contributed by atoms with Crippen LogP contribution < -0.4 is 0 Å². The predicted molar refractivity (Wildman–Crippen MR) is 163 cm³/mol. The van der Waals surface area contributed by atoms with Crippen LogP contribution in [0, 0.1) is 23.2 Å². The van der Waals surface area contributed by atoms with Crippen LogP contribution in [0.5, 0.6) is 0 Å². The Bertz CT molecular complexity index is 1140. The van der Waals surface area contributed by atoms with Crippen molar-refractivity contribution in [2.24, 2.45) is 23.2 Å². The minimum atomic E-state index is -0.639. The quantitative estimate of drug-likeness (QED) is 0.288. The van der Waals surface area contributed by atoms with Gasteiger partial charge in [-0.3, -0.25) is 4.98 Å². The van der Waals surface area contributed by atoms with Gasteiger partial charge in [0.05, 0.1) is 18.3 Å². The first-order valence-corrected chi connectivity index (χ1v) is 15.9. The van der Waals surface area contributed by atoms with E-state index in [9.17, 15) is 15.3 Å². The minimum Gasteiger partial charge on any atom is -0.393 e. The zero-order chi connectivity index (χ0) is 28.5.